The standard InChI is InChI=1S/C19H32Si2/c1-16(2)21(17(3)4,18(5)6)15-14-20(7,8)19-12-10-9-11-13-19/h9-13,16-18H,1-8H3. The summed E-state index contributed by atoms with van der Waals surface area (Å²) in [6.07, 6.45) is 0. The van der Waals surface area contributed by atoms with Crippen molar-refractivity contribution >= 4 is 21.3 Å². The van der Waals surface area contributed by atoms with Crippen LogP contribution < -0.4 is 5.19 Å². The molecule has 0 N–H and O–H groups in total. The summed E-state index contributed by atoms with van der Waals surface area (Å²) in [5, 5.41) is 1.46. The lowest BCUT2D eigenvalue weighted by molar-refractivity contribution is 0.838. The average molecular weight is 317 g/mol. The molecular formula is C19H32Si2. The lowest BCUT2D eigenvalue weighted by Gasteiger charge is -2.38. The molecule has 0 amide bonds. The van der Waals surface area contributed by atoms with E-state index < -0.39 is 16.1 Å². The summed E-state index contributed by atoms with van der Waals surface area (Å²) in [7, 11) is -3.25. The maximum atomic E-state index is 3.92. The monoisotopic (exact) mass is 316 g/mol. The first-order valence-corrected chi connectivity index (χ1v) is 13.5. The molecule has 0 fully saturated rings. The zero-order valence-corrected chi connectivity index (χ0v) is 17.1. The predicted octanol–water partition coefficient (Wildman–Crippen LogP) is 5.36. The van der Waals surface area contributed by atoms with Gasteiger partial charge < -0.3 is 0 Å². The fourth-order valence-electron chi connectivity index (χ4n) is 3.62. The Morgan fingerprint density at radius 2 is 1.14 bits per heavy atom. The van der Waals surface area contributed by atoms with E-state index in [1.165, 1.54) is 5.19 Å². The molecule has 0 atom stereocenters. The zero-order valence-electron chi connectivity index (χ0n) is 15.1. The van der Waals surface area contributed by atoms with Crippen molar-refractivity contribution in [2.24, 2.45) is 0 Å². The molecule has 0 spiro atoms. The third kappa shape index (κ3) is 3.90. The van der Waals surface area contributed by atoms with E-state index in [0.717, 1.165) is 0 Å². The molecule has 1 aromatic rings. The van der Waals surface area contributed by atoms with Gasteiger partial charge in [-0.05, 0) is 21.8 Å². The van der Waals surface area contributed by atoms with E-state index in [1.807, 2.05) is 0 Å². The van der Waals surface area contributed by atoms with Crippen LogP contribution >= 0.6 is 0 Å². The average Bonchev–Trinajstić information content (AvgIpc) is 2.39. The summed E-state index contributed by atoms with van der Waals surface area (Å²) in [5.74, 6) is 0. The second-order valence-electron chi connectivity index (χ2n) is 7.64. The molecule has 2 heteroatoms. The molecule has 0 saturated heterocycles. The van der Waals surface area contributed by atoms with Gasteiger partial charge in [0.15, 0.2) is 8.07 Å². The van der Waals surface area contributed by atoms with E-state index in [1.54, 1.807) is 0 Å². The van der Waals surface area contributed by atoms with Crippen molar-refractivity contribution in [2.75, 3.05) is 0 Å². The molecule has 0 aliphatic carbocycles. The number of rotatable bonds is 4. The van der Waals surface area contributed by atoms with Crippen LogP contribution in [0.15, 0.2) is 30.3 Å². The lowest BCUT2D eigenvalue weighted by atomic mass is 10.4. The Morgan fingerprint density at radius 1 is 0.714 bits per heavy atom. The Kier molecular flexibility index (Phi) is 6.07. The van der Waals surface area contributed by atoms with E-state index in [-0.39, 0.29) is 0 Å². The smallest absolute Gasteiger partial charge is 0.137 e. The Bertz CT molecular complexity index is 480. The largest absolute Gasteiger partial charge is 0.161 e. The van der Waals surface area contributed by atoms with Crippen molar-refractivity contribution in [3.8, 4) is 11.1 Å². The summed E-state index contributed by atoms with van der Waals surface area (Å²) < 4.78 is 0. The Morgan fingerprint density at radius 3 is 1.52 bits per heavy atom. The van der Waals surface area contributed by atoms with E-state index in [4.69, 9.17) is 0 Å². The minimum Gasteiger partial charge on any atom is -0.137 e. The first kappa shape index (κ1) is 18.3. The predicted molar refractivity (Wildman–Crippen MR) is 102 cm³/mol. The summed E-state index contributed by atoms with van der Waals surface area (Å²) in [4.78, 5) is 0. The fourth-order valence-corrected chi connectivity index (χ4v) is 11.8. The van der Waals surface area contributed by atoms with Gasteiger partial charge in [0.05, 0.1) is 0 Å². The summed E-state index contributed by atoms with van der Waals surface area (Å²) in [6.45, 7) is 19.1. The summed E-state index contributed by atoms with van der Waals surface area (Å²) in [6, 6.07) is 10.9. The second-order valence-corrected chi connectivity index (χ2v) is 17.3. The molecule has 0 heterocycles. The molecule has 116 valence electrons. The van der Waals surface area contributed by atoms with Crippen LogP contribution in [0.3, 0.4) is 0 Å². The van der Waals surface area contributed by atoms with Crippen LogP contribution in [0.4, 0.5) is 0 Å². The van der Waals surface area contributed by atoms with Gasteiger partial charge in [0.25, 0.3) is 0 Å². The van der Waals surface area contributed by atoms with Crippen LogP contribution in [-0.4, -0.2) is 16.1 Å². The fraction of sp³-hybridized carbons (Fsp3) is 0.579. The SMILES string of the molecule is CC(C)[Si](C#C[Si](C)(C)c1ccccc1)(C(C)C)C(C)C. The van der Waals surface area contributed by atoms with E-state index in [2.05, 4.69) is 96.1 Å². The molecule has 21 heavy (non-hydrogen) atoms. The number of hydrogen-bond donors (Lipinski definition) is 0. The maximum absolute atomic E-state index is 3.92. The van der Waals surface area contributed by atoms with Crippen LogP contribution in [0, 0.1) is 11.1 Å². The molecule has 0 unspecified atom stereocenters. The van der Waals surface area contributed by atoms with Gasteiger partial charge in [0.2, 0.25) is 0 Å². The van der Waals surface area contributed by atoms with Crippen molar-refractivity contribution < 1.29 is 0 Å². The number of hydrogen-bond acceptors (Lipinski definition) is 0. The first-order chi connectivity index (χ1) is 9.64. The normalized spacial score (nSPS) is 12.7. The van der Waals surface area contributed by atoms with Crippen LogP contribution in [-0.2, 0) is 0 Å². The van der Waals surface area contributed by atoms with Crippen molar-refractivity contribution in [3.05, 3.63) is 30.3 Å². The molecule has 1 aromatic carbocycles. The van der Waals surface area contributed by atoms with Gasteiger partial charge in [-0.1, -0.05) is 85.0 Å². The molecule has 1 rings (SSSR count). The van der Waals surface area contributed by atoms with Gasteiger partial charge in [-0.3, -0.25) is 0 Å². The molecule has 0 aromatic heterocycles. The van der Waals surface area contributed by atoms with Crippen molar-refractivity contribution in [1.82, 2.24) is 0 Å². The summed E-state index contributed by atoms with van der Waals surface area (Å²) >= 11 is 0. The third-order valence-electron chi connectivity index (χ3n) is 4.95. The van der Waals surface area contributed by atoms with Crippen LogP contribution in [0.1, 0.15) is 41.5 Å². The molecule has 0 bridgehead atoms. The van der Waals surface area contributed by atoms with Crippen molar-refractivity contribution in [3.63, 3.8) is 0 Å². The van der Waals surface area contributed by atoms with E-state index in [0.29, 0.717) is 16.6 Å². The van der Waals surface area contributed by atoms with Crippen molar-refractivity contribution in [2.45, 2.75) is 71.3 Å². The van der Waals surface area contributed by atoms with E-state index in [9.17, 15) is 0 Å². The van der Waals surface area contributed by atoms with Gasteiger partial charge in [-0.2, -0.15) is 0 Å². The van der Waals surface area contributed by atoms with Gasteiger partial charge >= 0.3 is 0 Å². The highest BCUT2D eigenvalue weighted by Gasteiger charge is 2.42. The van der Waals surface area contributed by atoms with Gasteiger partial charge in [-0.25, -0.2) is 0 Å². The minimum absolute atomic E-state index is 0.713. The Labute approximate surface area is 134 Å². The van der Waals surface area contributed by atoms with Gasteiger partial charge in [0.1, 0.15) is 8.07 Å². The van der Waals surface area contributed by atoms with Crippen LogP contribution in [0.25, 0.3) is 0 Å². The number of benzene rings is 1. The summed E-state index contributed by atoms with van der Waals surface area (Å²) in [5.41, 5.74) is 9.87. The van der Waals surface area contributed by atoms with Crippen LogP contribution in [0.5, 0.6) is 0 Å². The molecule has 0 saturated carbocycles. The minimum atomic E-state index is -1.65. The van der Waals surface area contributed by atoms with Gasteiger partial charge in [0, 0.05) is 0 Å². The highest BCUT2D eigenvalue weighted by molar-refractivity contribution is 6.99. The first-order valence-electron chi connectivity index (χ1n) is 8.24. The van der Waals surface area contributed by atoms with Crippen molar-refractivity contribution in [1.29, 1.82) is 0 Å². The maximum Gasteiger partial charge on any atom is 0.161 e. The Hall–Kier alpha value is -0.786. The molecule has 0 aliphatic rings. The Balaban J connectivity index is 3.28. The molecule has 0 aliphatic heterocycles. The van der Waals surface area contributed by atoms with E-state index >= 15 is 0 Å². The zero-order chi connectivity index (χ0) is 16.3. The van der Waals surface area contributed by atoms with Gasteiger partial charge in [-0.15, -0.1) is 11.1 Å². The highest BCUT2D eigenvalue weighted by Crippen LogP contribution is 2.40. The molecular weight excluding hydrogens is 284 g/mol. The highest BCUT2D eigenvalue weighted by atomic mass is 28.3. The van der Waals surface area contributed by atoms with Crippen LogP contribution in [0.2, 0.25) is 29.7 Å². The quantitative estimate of drug-likeness (QED) is 0.518. The molecule has 0 radical (unpaired) electrons. The lowest BCUT2D eigenvalue weighted by Crippen LogP contribution is -2.46. The molecule has 0 nitrogen and oxygen atoms in total. The second kappa shape index (κ2) is 6.98. The third-order valence-corrected chi connectivity index (χ3v) is 14.0. The topological polar surface area (TPSA) is 0 Å².